The third kappa shape index (κ3) is 2.54. The van der Waals surface area contributed by atoms with Crippen molar-refractivity contribution in [2.45, 2.75) is 26.8 Å². The molecule has 2 atom stereocenters. The molecule has 17 heavy (non-hydrogen) atoms. The van der Waals surface area contributed by atoms with Gasteiger partial charge in [-0.05, 0) is 20.8 Å². The van der Waals surface area contributed by atoms with E-state index in [2.05, 4.69) is 5.32 Å². The fraction of sp³-hybridized carbons (Fsp3) is 0.700. The van der Waals surface area contributed by atoms with Crippen molar-refractivity contribution in [1.82, 2.24) is 10.2 Å². The highest BCUT2D eigenvalue weighted by molar-refractivity contribution is 7.84. The highest BCUT2D eigenvalue weighted by Crippen LogP contribution is 2.24. The molecule has 1 N–H and O–H groups in total. The summed E-state index contributed by atoms with van der Waals surface area (Å²) in [6, 6.07) is -1.24. The van der Waals surface area contributed by atoms with Gasteiger partial charge in [-0.3, -0.25) is 24.0 Å². The Hall–Kier alpha value is -1.24. The van der Waals surface area contributed by atoms with Gasteiger partial charge in [-0.1, -0.05) is 0 Å². The largest absolute Gasteiger partial charge is 0.331 e. The standard InChI is InChI=1S/C10H16N2O4S/c1-6(5-17(4)16)12-8(14)10(2,3)7(13)11-9(12)15/h6H,5H2,1-4H3,(H,11,13,15). The molecule has 2 unspecified atom stereocenters. The summed E-state index contributed by atoms with van der Waals surface area (Å²) in [5, 5.41) is 2.13. The molecule has 0 aromatic carbocycles. The van der Waals surface area contributed by atoms with Crippen molar-refractivity contribution in [2.24, 2.45) is 5.41 Å². The second-order valence-corrected chi connectivity index (χ2v) is 6.13. The Labute approximate surface area is 102 Å². The molecule has 0 aromatic rings. The van der Waals surface area contributed by atoms with Gasteiger partial charge in [0, 0.05) is 22.8 Å². The quantitative estimate of drug-likeness (QED) is 0.716. The van der Waals surface area contributed by atoms with Gasteiger partial charge in [-0.25, -0.2) is 4.79 Å². The Morgan fingerprint density at radius 3 is 2.35 bits per heavy atom. The molecule has 0 aliphatic carbocycles. The molecule has 0 spiro atoms. The Bertz CT molecular complexity index is 405. The molecule has 1 fully saturated rings. The number of imide groups is 2. The second-order valence-electron chi connectivity index (χ2n) is 4.65. The Morgan fingerprint density at radius 1 is 1.35 bits per heavy atom. The fourth-order valence-corrected chi connectivity index (χ4v) is 2.45. The number of rotatable bonds is 3. The molecular weight excluding hydrogens is 244 g/mol. The predicted molar refractivity (Wildman–Crippen MR) is 62.6 cm³/mol. The maximum absolute atomic E-state index is 12.0. The molecule has 1 aliphatic rings. The minimum Gasteiger partial charge on any atom is -0.277 e. The zero-order valence-electron chi connectivity index (χ0n) is 10.3. The Kier molecular flexibility index (Phi) is 3.71. The van der Waals surface area contributed by atoms with Crippen LogP contribution in [0, 0.1) is 5.41 Å². The zero-order valence-corrected chi connectivity index (χ0v) is 11.1. The number of amides is 4. The molecule has 1 saturated heterocycles. The van der Waals surface area contributed by atoms with Gasteiger partial charge in [-0.2, -0.15) is 0 Å². The van der Waals surface area contributed by atoms with Crippen LogP contribution in [0.25, 0.3) is 0 Å². The summed E-state index contributed by atoms with van der Waals surface area (Å²) in [4.78, 5) is 36.1. The first-order valence-electron chi connectivity index (χ1n) is 5.17. The zero-order chi connectivity index (χ0) is 13.4. The number of carbonyl (C=O) groups is 3. The summed E-state index contributed by atoms with van der Waals surface area (Å²) in [6.07, 6.45) is 1.50. The molecule has 1 aliphatic heterocycles. The molecular formula is C10H16N2O4S. The van der Waals surface area contributed by atoms with Gasteiger partial charge in [0.25, 0.3) is 0 Å². The van der Waals surface area contributed by atoms with Crippen LogP contribution in [0.2, 0.25) is 0 Å². The minimum absolute atomic E-state index is 0.198. The molecule has 0 saturated carbocycles. The second kappa shape index (κ2) is 4.56. The molecule has 0 bridgehead atoms. The lowest BCUT2D eigenvalue weighted by Gasteiger charge is -2.37. The van der Waals surface area contributed by atoms with Crippen LogP contribution in [0.5, 0.6) is 0 Å². The van der Waals surface area contributed by atoms with E-state index in [0.717, 1.165) is 4.90 Å². The molecule has 0 radical (unpaired) electrons. The monoisotopic (exact) mass is 260 g/mol. The number of nitrogens with one attached hydrogen (secondary N) is 1. The number of carbonyl (C=O) groups excluding carboxylic acids is 3. The lowest BCUT2D eigenvalue weighted by molar-refractivity contribution is -0.150. The molecule has 6 nitrogen and oxygen atoms in total. The number of barbiturate groups is 1. The third-order valence-corrected chi connectivity index (χ3v) is 3.63. The first kappa shape index (κ1) is 13.8. The van der Waals surface area contributed by atoms with Gasteiger partial charge in [-0.15, -0.1) is 0 Å². The summed E-state index contributed by atoms with van der Waals surface area (Å²) >= 11 is 0. The normalized spacial score (nSPS) is 23.3. The average Bonchev–Trinajstić information content (AvgIpc) is 2.14. The van der Waals surface area contributed by atoms with Crippen LogP contribution >= 0.6 is 0 Å². The van der Waals surface area contributed by atoms with Gasteiger partial charge < -0.3 is 0 Å². The first-order chi connectivity index (χ1) is 7.67. The first-order valence-corrected chi connectivity index (χ1v) is 6.89. The van der Waals surface area contributed by atoms with E-state index in [1.807, 2.05) is 0 Å². The van der Waals surface area contributed by atoms with Gasteiger partial charge in [0.05, 0.1) is 6.04 Å². The summed E-state index contributed by atoms with van der Waals surface area (Å²) in [5.74, 6) is -0.957. The van der Waals surface area contributed by atoms with Crippen molar-refractivity contribution in [1.29, 1.82) is 0 Å². The van der Waals surface area contributed by atoms with Crippen LogP contribution in [0.4, 0.5) is 4.79 Å². The maximum atomic E-state index is 12.0. The van der Waals surface area contributed by atoms with Crippen molar-refractivity contribution < 1.29 is 18.6 Å². The van der Waals surface area contributed by atoms with Crippen LogP contribution in [-0.2, 0) is 20.4 Å². The highest BCUT2D eigenvalue weighted by Gasteiger charge is 2.48. The minimum atomic E-state index is -1.27. The average molecular weight is 260 g/mol. The molecule has 1 heterocycles. The molecule has 4 amide bonds. The molecule has 0 aromatic heterocycles. The lowest BCUT2D eigenvalue weighted by atomic mass is 9.88. The predicted octanol–water partition coefficient (Wildman–Crippen LogP) is -0.142. The van der Waals surface area contributed by atoms with E-state index in [0.29, 0.717) is 0 Å². The van der Waals surface area contributed by atoms with E-state index in [1.54, 1.807) is 6.92 Å². The topological polar surface area (TPSA) is 83.6 Å². The van der Waals surface area contributed by atoms with Crippen molar-refractivity contribution in [3.05, 3.63) is 0 Å². The van der Waals surface area contributed by atoms with E-state index in [4.69, 9.17) is 0 Å². The van der Waals surface area contributed by atoms with E-state index >= 15 is 0 Å². The third-order valence-electron chi connectivity index (χ3n) is 2.68. The summed E-state index contributed by atoms with van der Waals surface area (Å²) < 4.78 is 11.1. The molecule has 7 heteroatoms. The Morgan fingerprint density at radius 2 is 1.88 bits per heavy atom. The molecule has 1 rings (SSSR count). The molecule has 96 valence electrons. The van der Waals surface area contributed by atoms with Crippen molar-refractivity contribution >= 4 is 28.6 Å². The number of nitrogens with zero attached hydrogens (tertiary/aromatic N) is 1. The van der Waals surface area contributed by atoms with Gasteiger partial charge >= 0.3 is 6.03 Å². The smallest absolute Gasteiger partial charge is 0.277 e. The van der Waals surface area contributed by atoms with Crippen LogP contribution in [0.1, 0.15) is 20.8 Å². The fourth-order valence-electron chi connectivity index (χ4n) is 1.62. The summed E-state index contributed by atoms with van der Waals surface area (Å²) in [5.41, 5.74) is -1.27. The van der Waals surface area contributed by atoms with Gasteiger partial charge in [0.15, 0.2) is 0 Å². The Balaban J connectivity index is 2.99. The van der Waals surface area contributed by atoms with E-state index < -0.39 is 40.1 Å². The summed E-state index contributed by atoms with van der Waals surface area (Å²) in [7, 11) is -1.12. The van der Waals surface area contributed by atoms with Crippen LogP contribution in [-0.4, -0.2) is 45.0 Å². The number of hydrogen-bond acceptors (Lipinski definition) is 4. The van der Waals surface area contributed by atoms with Crippen molar-refractivity contribution in [3.63, 3.8) is 0 Å². The lowest BCUT2D eigenvalue weighted by Crippen LogP contribution is -2.64. The van der Waals surface area contributed by atoms with Crippen LogP contribution < -0.4 is 5.32 Å². The van der Waals surface area contributed by atoms with E-state index in [1.165, 1.54) is 20.1 Å². The van der Waals surface area contributed by atoms with Gasteiger partial charge in [0.2, 0.25) is 11.8 Å². The SMILES string of the molecule is CC(CS(C)=O)N1C(=O)NC(=O)C(C)(C)C1=O. The van der Waals surface area contributed by atoms with E-state index in [-0.39, 0.29) is 5.75 Å². The van der Waals surface area contributed by atoms with Crippen molar-refractivity contribution in [3.8, 4) is 0 Å². The number of urea groups is 1. The number of hydrogen-bond donors (Lipinski definition) is 1. The van der Waals surface area contributed by atoms with Crippen LogP contribution in [0.3, 0.4) is 0 Å². The van der Waals surface area contributed by atoms with Crippen molar-refractivity contribution in [2.75, 3.05) is 12.0 Å². The van der Waals surface area contributed by atoms with Crippen LogP contribution in [0.15, 0.2) is 0 Å². The van der Waals surface area contributed by atoms with E-state index in [9.17, 15) is 18.6 Å². The maximum Gasteiger partial charge on any atom is 0.331 e. The highest BCUT2D eigenvalue weighted by atomic mass is 32.2. The summed E-state index contributed by atoms with van der Waals surface area (Å²) in [6.45, 7) is 4.55. The van der Waals surface area contributed by atoms with Gasteiger partial charge in [0.1, 0.15) is 5.41 Å².